The van der Waals surface area contributed by atoms with Gasteiger partial charge in [-0.05, 0) is 26.2 Å². The highest BCUT2D eigenvalue weighted by atomic mass is 16.5. The van der Waals surface area contributed by atoms with E-state index in [4.69, 9.17) is 10.5 Å². The van der Waals surface area contributed by atoms with Gasteiger partial charge in [0.05, 0.1) is 18.2 Å². The highest BCUT2D eigenvalue weighted by Gasteiger charge is 2.30. The molecule has 1 aliphatic carbocycles. The first-order valence-corrected chi connectivity index (χ1v) is 6.37. The van der Waals surface area contributed by atoms with Gasteiger partial charge in [0.25, 0.3) is 0 Å². The zero-order chi connectivity index (χ0) is 11.4. The van der Waals surface area contributed by atoms with Crippen LogP contribution in [0.3, 0.4) is 0 Å². The maximum atomic E-state index is 5.95. The average molecular weight is 225 g/mol. The van der Waals surface area contributed by atoms with E-state index in [1.165, 1.54) is 32.1 Å². The van der Waals surface area contributed by atoms with E-state index in [0.29, 0.717) is 12.0 Å². The van der Waals surface area contributed by atoms with Crippen LogP contribution in [0.5, 0.6) is 0 Å². The normalized spacial score (nSPS) is 32.9. The fourth-order valence-corrected chi connectivity index (χ4v) is 2.51. The van der Waals surface area contributed by atoms with E-state index < -0.39 is 0 Å². The molecule has 0 aromatic carbocycles. The van der Waals surface area contributed by atoms with Crippen molar-refractivity contribution < 1.29 is 4.74 Å². The standard InChI is InChI=1S/C12H23N3O/c1-12(7-8-16-9-12)15-11(13)14-10-5-3-2-4-6-10/h10H,2-9H2,1H3,(H3,13,14,15). The summed E-state index contributed by atoms with van der Waals surface area (Å²) >= 11 is 0. The molecule has 1 saturated heterocycles. The molecule has 0 aromatic heterocycles. The first-order valence-electron chi connectivity index (χ1n) is 6.37. The second-order valence-corrected chi connectivity index (χ2v) is 5.29. The van der Waals surface area contributed by atoms with Crippen LogP contribution in [0.15, 0.2) is 4.99 Å². The third kappa shape index (κ3) is 3.11. The Labute approximate surface area is 97.6 Å². The van der Waals surface area contributed by atoms with Gasteiger partial charge >= 0.3 is 0 Å². The summed E-state index contributed by atoms with van der Waals surface area (Å²) in [5.41, 5.74) is 5.94. The van der Waals surface area contributed by atoms with E-state index in [-0.39, 0.29) is 5.54 Å². The summed E-state index contributed by atoms with van der Waals surface area (Å²) in [7, 11) is 0. The van der Waals surface area contributed by atoms with E-state index in [1.54, 1.807) is 0 Å². The van der Waals surface area contributed by atoms with E-state index in [9.17, 15) is 0 Å². The Kier molecular flexibility index (Phi) is 3.69. The van der Waals surface area contributed by atoms with Crippen LogP contribution in [0, 0.1) is 0 Å². The Morgan fingerprint density at radius 3 is 2.75 bits per heavy atom. The van der Waals surface area contributed by atoms with Gasteiger partial charge in [-0.2, -0.15) is 0 Å². The van der Waals surface area contributed by atoms with Crippen LogP contribution in [-0.2, 0) is 4.74 Å². The second-order valence-electron chi connectivity index (χ2n) is 5.29. The van der Waals surface area contributed by atoms with Gasteiger partial charge in [-0.3, -0.25) is 4.99 Å². The van der Waals surface area contributed by atoms with Gasteiger partial charge in [-0.25, -0.2) is 0 Å². The van der Waals surface area contributed by atoms with Crippen molar-refractivity contribution in [1.82, 2.24) is 5.32 Å². The molecule has 2 fully saturated rings. The lowest BCUT2D eigenvalue weighted by molar-refractivity contribution is 0.177. The van der Waals surface area contributed by atoms with E-state index in [1.807, 2.05) is 0 Å². The third-order valence-corrected chi connectivity index (χ3v) is 3.55. The van der Waals surface area contributed by atoms with Crippen LogP contribution in [-0.4, -0.2) is 30.8 Å². The van der Waals surface area contributed by atoms with Crippen molar-refractivity contribution in [3.63, 3.8) is 0 Å². The van der Waals surface area contributed by atoms with Crippen molar-refractivity contribution in [2.75, 3.05) is 13.2 Å². The lowest BCUT2D eigenvalue weighted by Crippen LogP contribution is -2.50. The molecule has 0 spiro atoms. The van der Waals surface area contributed by atoms with Gasteiger partial charge in [0.15, 0.2) is 5.96 Å². The number of ether oxygens (including phenoxy) is 1. The van der Waals surface area contributed by atoms with Gasteiger partial charge in [0.1, 0.15) is 0 Å². The van der Waals surface area contributed by atoms with Gasteiger partial charge < -0.3 is 15.8 Å². The Hall–Kier alpha value is -0.770. The number of aliphatic imine (C=N–C) groups is 1. The SMILES string of the molecule is CC1(NC(N)=NC2CCCCC2)CCOC1. The number of guanidine groups is 1. The van der Waals surface area contributed by atoms with Crippen LogP contribution < -0.4 is 11.1 Å². The Morgan fingerprint density at radius 2 is 2.12 bits per heavy atom. The lowest BCUT2D eigenvalue weighted by Gasteiger charge is -2.25. The summed E-state index contributed by atoms with van der Waals surface area (Å²) in [5, 5.41) is 3.31. The minimum atomic E-state index is -0.0117. The number of hydrogen-bond acceptors (Lipinski definition) is 2. The molecule has 0 amide bonds. The molecule has 1 unspecified atom stereocenters. The second kappa shape index (κ2) is 5.04. The van der Waals surface area contributed by atoms with Crippen LogP contribution in [0.2, 0.25) is 0 Å². The van der Waals surface area contributed by atoms with Gasteiger partial charge in [0, 0.05) is 6.61 Å². The molecule has 92 valence electrons. The molecule has 4 nitrogen and oxygen atoms in total. The molecule has 0 radical (unpaired) electrons. The molecule has 1 heterocycles. The summed E-state index contributed by atoms with van der Waals surface area (Å²) in [6.07, 6.45) is 7.33. The predicted octanol–water partition coefficient (Wildman–Crippen LogP) is 1.40. The maximum Gasteiger partial charge on any atom is 0.189 e. The maximum absolute atomic E-state index is 5.95. The van der Waals surface area contributed by atoms with Crippen molar-refractivity contribution in [2.24, 2.45) is 10.7 Å². The van der Waals surface area contributed by atoms with Crippen LogP contribution in [0.1, 0.15) is 45.4 Å². The van der Waals surface area contributed by atoms with Crippen LogP contribution in [0.4, 0.5) is 0 Å². The molecule has 2 aliphatic rings. The summed E-state index contributed by atoms with van der Waals surface area (Å²) in [4.78, 5) is 4.57. The monoisotopic (exact) mass is 225 g/mol. The molecular formula is C12H23N3O. The van der Waals surface area contributed by atoms with Gasteiger partial charge in [-0.1, -0.05) is 19.3 Å². The zero-order valence-electron chi connectivity index (χ0n) is 10.2. The Balaban J connectivity index is 1.85. The first kappa shape index (κ1) is 11.7. The zero-order valence-corrected chi connectivity index (χ0v) is 10.2. The van der Waals surface area contributed by atoms with Crippen molar-refractivity contribution in [3.8, 4) is 0 Å². The highest BCUT2D eigenvalue weighted by Crippen LogP contribution is 2.21. The molecule has 0 aromatic rings. The number of rotatable bonds is 2. The molecule has 0 bridgehead atoms. The smallest absolute Gasteiger partial charge is 0.189 e. The number of nitrogens with zero attached hydrogens (tertiary/aromatic N) is 1. The third-order valence-electron chi connectivity index (χ3n) is 3.55. The Bertz CT molecular complexity index is 253. The van der Waals surface area contributed by atoms with E-state index >= 15 is 0 Å². The Morgan fingerprint density at radius 1 is 1.38 bits per heavy atom. The van der Waals surface area contributed by atoms with Crippen molar-refractivity contribution in [3.05, 3.63) is 0 Å². The predicted molar refractivity (Wildman–Crippen MR) is 65.5 cm³/mol. The largest absolute Gasteiger partial charge is 0.379 e. The molecule has 3 N–H and O–H groups in total. The van der Waals surface area contributed by atoms with Crippen molar-refractivity contribution >= 4 is 5.96 Å². The molecule has 2 rings (SSSR count). The fourth-order valence-electron chi connectivity index (χ4n) is 2.51. The van der Waals surface area contributed by atoms with Crippen LogP contribution in [0.25, 0.3) is 0 Å². The minimum Gasteiger partial charge on any atom is -0.379 e. The molecule has 1 saturated carbocycles. The minimum absolute atomic E-state index is 0.0117. The average Bonchev–Trinajstić information content (AvgIpc) is 2.66. The lowest BCUT2D eigenvalue weighted by atomic mass is 9.96. The van der Waals surface area contributed by atoms with Crippen molar-refractivity contribution in [1.29, 1.82) is 0 Å². The highest BCUT2D eigenvalue weighted by molar-refractivity contribution is 5.78. The summed E-state index contributed by atoms with van der Waals surface area (Å²) in [5.74, 6) is 0.597. The number of hydrogen-bond donors (Lipinski definition) is 2. The quantitative estimate of drug-likeness (QED) is 0.551. The van der Waals surface area contributed by atoms with E-state index in [2.05, 4.69) is 17.2 Å². The topological polar surface area (TPSA) is 59.6 Å². The molecule has 16 heavy (non-hydrogen) atoms. The molecular weight excluding hydrogens is 202 g/mol. The van der Waals surface area contributed by atoms with E-state index in [0.717, 1.165) is 19.6 Å². The summed E-state index contributed by atoms with van der Waals surface area (Å²) in [6.45, 7) is 3.69. The first-order chi connectivity index (χ1) is 7.68. The van der Waals surface area contributed by atoms with Gasteiger partial charge in [-0.15, -0.1) is 0 Å². The molecule has 1 atom stereocenters. The molecule has 4 heteroatoms. The van der Waals surface area contributed by atoms with Crippen LogP contribution >= 0.6 is 0 Å². The fraction of sp³-hybridized carbons (Fsp3) is 0.917. The van der Waals surface area contributed by atoms with Crippen molar-refractivity contribution in [2.45, 2.75) is 57.0 Å². The summed E-state index contributed by atoms with van der Waals surface area (Å²) in [6, 6.07) is 0.437. The number of nitrogens with one attached hydrogen (secondary N) is 1. The summed E-state index contributed by atoms with van der Waals surface area (Å²) < 4.78 is 5.38. The number of nitrogens with two attached hydrogens (primary N) is 1. The molecule has 1 aliphatic heterocycles. The van der Waals surface area contributed by atoms with Gasteiger partial charge in [0.2, 0.25) is 0 Å².